The molecule has 32 heavy (non-hydrogen) atoms. The molecular weight excluding hydrogens is 388 g/mol. The molecule has 0 heterocycles. The van der Waals surface area contributed by atoms with Gasteiger partial charge in [-0.15, -0.1) is 0 Å². The lowest BCUT2D eigenvalue weighted by atomic mass is 10.0. The minimum absolute atomic E-state index is 0.888. The molecular formula is C31H63O. The summed E-state index contributed by atoms with van der Waals surface area (Å²) in [6.45, 7) is 7.37. The monoisotopic (exact) mass is 451 g/mol. The summed E-state index contributed by atoms with van der Waals surface area (Å²) < 4.78 is 5.41. The summed E-state index contributed by atoms with van der Waals surface area (Å²) in [5, 5.41) is 0. The smallest absolute Gasteiger partial charge is 0.0836 e. The van der Waals surface area contributed by atoms with Gasteiger partial charge in [0.05, 0.1) is 6.61 Å². The van der Waals surface area contributed by atoms with Crippen molar-refractivity contribution in [2.75, 3.05) is 6.61 Å². The summed E-state index contributed by atoms with van der Waals surface area (Å²) in [6.07, 6.45) is 38.7. The van der Waals surface area contributed by atoms with Crippen LogP contribution in [0.3, 0.4) is 0 Å². The first-order valence-corrected chi connectivity index (χ1v) is 15.3. The second kappa shape index (κ2) is 31.0. The van der Waals surface area contributed by atoms with E-state index in [1.807, 2.05) is 6.61 Å². The number of hydrogen-bond acceptors (Lipinski definition) is 1. The Kier molecular flexibility index (Phi) is 30.9. The Morgan fingerprint density at radius 2 is 0.625 bits per heavy atom. The summed E-state index contributed by atoms with van der Waals surface area (Å²) in [5.41, 5.74) is 0. The third kappa shape index (κ3) is 30.0. The summed E-state index contributed by atoms with van der Waals surface area (Å²) in [6, 6.07) is 0. The minimum Gasteiger partial charge on any atom is -0.376 e. The zero-order valence-electron chi connectivity index (χ0n) is 22.8. The highest BCUT2D eigenvalue weighted by molar-refractivity contribution is 4.54. The molecule has 0 aromatic rings. The van der Waals surface area contributed by atoms with E-state index in [0.717, 1.165) is 19.4 Å². The first-order valence-electron chi connectivity index (χ1n) is 15.3. The van der Waals surface area contributed by atoms with Crippen molar-refractivity contribution >= 4 is 0 Å². The molecule has 0 bridgehead atoms. The van der Waals surface area contributed by atoms with Gasteiger partial charge < -0.3 is 4.74 Å². The van der Waals surface area contributed by atoms with Gasteiger partial charge in [-0.2, -0.15) is 0 Å². The molecule has 1 nitrogen and oxygen atoms in total. The van der Waals surface area contributed by atoms with Gasteiger partial charge in [-0.3, -0.25) is 0 Å². The van der Waals surface area contributed by atoms with Crippen LogP contribution in [0.1, 0.15) is 187 Å². The van der Waals surface area contributed by atoms with Crippen molar-refractivity contribution < 1.29 is 4.74 Å². The maximum absolute atomic E-state index is 5.41. The predicted molar refractivity (Wildman–Crippen MR) is 146 cm³/mol. The maximum atomic E-state index is 5.41. The number of ether oxygens (including phenoxy) is 1. The molecule has 0 aromatic carbocycles. The Balaban J connectivity index is 2.98. The van der Waals surface area contributed by atoms with Gasteiger partial charge in [-0.25, -0.2) is 0 Å². The largest absolute Gasteiger partial charge is 0.376 e. The molecule has 0 aliphatic rings. The molecule has 0 rings (SSSR count). The van der Waals surface area contributed by atoms with Gasteiger partial charge in [0.15, 0.2) is 0 Å². The van der Waals surface area contributed by atoms with Crippen LogP contribution in [0.25, 0.3) is 0 Å². The van der Waals surface area contributed by atoms with Crippen molar-refractivity contribution in [3.63, 3.8) is 0 Å². The standard InChI is InChI=1S/C31H63O/c1-3-5-6-7-8-9-10-11-12-13-14-15-16-17-18-19-20-21-22-23-24-25-26-27-28-29-31-32-30-4-2/h31H,3-30H2,1-2H3. The van der Waals surface area contributed by atoms with Crippen molar-refractivity contribution in [2.24, 2.45) is 0 Å². The fourth-order valence-corrected chi connectivity index (χ4v) is 4.65. The average molecular weight is 452 g/mol. The van der Waals surface area contributed by atoms with E-state index in [9.17, 15) is 0 Å². The van der Waals surface area contributed by atoms with E-state index in [-0.39, 0.29) is 0 Å². The van der Waals surface area contributed by atoms with Gasteiger partial charge in [0.2, 0.25) is 0 Å². The molecule has 0 saturated heterocycles. The first kappa shape index (κ1) is 32.0. The molecule has 1 radical (unpaired) electrons. The number of unbranched alkanes of at least 4 members (excludes halogenated alkanes) is 25. The molecule has 0 atom stereocenters. The molecule has 0 fully saturated rings. The van der Waals surface area contributed by atoms with Gasteiger partial charge in [-0.05, 0) is 12.8 Å². The summed E-state index contributed by atoms with van der Waals surface area (Å²) in [4.78, 5) is 0. The zero-order valence-corrected chi connectivity index (χ0v) is 22.8. The first-order chi connectivity index (χ1) is 15.9. The highest BCUT2D eigenvalue weighted by atomic mass is 16.5. The van der Waals surface area contributed by atoms with Crippen LogP contribution in [0, 0.1) is 6.61 Å². The molecule has 0 saturated carbocycles. The maximum Gasteiger partial charge on any atom is 0.0836 e. The number of hydrogen-bond donors (Lipinski definition) is 0. The molecule has 0 unspecified atom stereocenters. The topological polar surface area (TPSA) is 9.23 Å². The Morgan fingerprint density at radius 3 is 0.906 bits per heavy atom. The van der Waals surface area contributed by atoms with E-state index < -0.39 is 0 Å². The fourth-order valence-electron chi connectivity index (χ4n) is 4.65. The van der Waals surface area contributed by atoms with Crippen LogP contribution in [0.2, 0.25) is 0 Å². The summed E-state index contributed by atoms with van der Waals surface area (Å²) in [7, 11) is 0. The molecule has 193 valence electrons. The Labute approximate surface area is 205 Å². The summed E-state index contributed by atoms with van der Waals surface area (Å²) in [5.74, 6) is 0. The normalized spacial score (nSPS) is 11.4. The SMILES string of the molecule is CCCCCCCCCCCCCCCCCCCCCCCCCCC[CH]OCCC. The van der Waals surface area contributed by atoms with E-state index in [2.05, 4.69) is 13.8 Å². The van der Waals surface area contributed by atoms with Crippen molar-refractivity contribution in [3.8, 4) is 0 Å². The van der Waals surface area contributed by atoms with E-state index in [1.165, 1.54) is 161 Å². The Bertz CT molecular complexity index is 271. The van der Waals surface area contributed by atoms with Crippen LogP contribution in [-0.2, 0) is 4.74 Å². The third-order valence-corrected chi connectivity index (χ3v) is 6.87. The van der Waals surface area contributed by atoms with E-state index in [1.54, 1.807) is 0 Å². The minimum atomic E-state index is 0.888. The molecule has 1 heteroatoms. The van der Waals surface area contributed by atoms with Gasteiger partial charge in [0.1, 0.15) is 0 Å². The average Bonchev–Trinajstić information content (AvgIpc) is 2.81. The number of rotatable bonds is 29. The molecule has 0 aliphatic carbocycles. The molecule has 0 aliphatic heterocycles. The quantitative estimate of drug-likeness (QED) is 0.103. The lowest BCUT2D eigenvalue weighted by molar-refractivity contribution is 0.190. The van der Waals surface area contributed by atoms with Crippen LogP contribution in [0.15, 0.2) is 0 Å². The van der Waals surface area contributed by atoms with Gasteiger partial charge in [-0.1, -0.05) is 174 Å². The molecule has 0 N–H and O–H groups in total. The van der Waals surface area contributed by atoms with Crippen LogP contribution in [0.4, 0.5) is 0 Å². The van der Waals surface area contributed by atoms with Crippen LogP contribution in [0.5, 0.6) is 0 Å². The van der Waals surface area contributed by atoms with Gasteiger partial charge in [0, 0.05) is 6.61 Å². The predicted octanol–water partition coefficient (Wildman–Crippen LogP) is 11.7. The third-order valence-electron chi connectivity index (χ3n) is 6.87. The summed E-state index contributed by atoms with van der Waals surface area (Å²) >= 11 is 0. The van der Waals surface area contributed by atoms with Crippen LogP contribution >= 0.6 is 0 Å². The van der Waals surface area contributed by atoms with Crippen LogP contribution < -0.4 is 0 Å². The Morgan fingerprint density at radius 1 is 0.344 bits per heavy atom. The molecule has 0 amide bonds. The second-order valence-corrected chi connectivity index (χ2v) is 10.3. The highest BCUT2D eigenvalue weighted by Gasteiger charge is 1.96. The van der Waals surface area contributed by atoms with E-state index in [0.29, 0.717) is 0 Å². The lowest BCUT2D eigenvalue weighted by Gasteiger charge is -2.04. The highest BCUT2D eigenvalue weighted by Crippen LogP contribution is 2.16. The molecule has 0 spiro atoms. The lowest BCUT2D eigenvalue weighted by Crippen LogP contribution is -1.89. The van der Waals surface area contributed by atoms with Crippen molar-refractivity contribution in [2.45, 2.75) is 187 Å². The van der Waals surface area contributed by atoms with Gasteiger partial charge >= 0.3 is 0 Å². The van der Waals surface area contributed by atoms with Crippen molar-refractivity contribution in [1.82, 2.24) is 0 Å². The van der Waals surface area contributed by atoms with Crippen molar-refractivity contribution in [3.05, 3.63) is 6.61 Å². The van der Waals surface area contributed by atoms with Gasteiger partial charge in [0.25, 0.3) is 0 Å². The fraction of sp³-hybridized carbons (Fsp3) is 0.968. The molecule has 0 aromatic heterocycles. The van der Waals surface area contributed by atoms with E-state index >= 15 is 0 Å². The zero-order chi connectivity index (χ0) is 23.2. The van der Waals surface area contributed by atoms with E-state index in [4.69, 9.17) is 4.74 Å². The second-order valence-electron chi connectivity index (χ2n) is 10.3. The van der Waals surface area contributed by atoms with Crippen LogP contribution in [-0.4, -0.2) is 6.61 Å². The Hall–Kier alpha value is -0.0400. The van der Waals surface area contributed by atoms with Crippen molar-refractivity contribution in [1.29, 1.82) is 0 Å².